The van der Waals surface area contributed by atoms with Crippen LogP contribution in [0.3, 0.4) is 0 Å². The highest BCUT2D eigenvalue weighted by Gasteiger charge is 2.50. The zero-order valence-electron chi connectivity index (χ0n) is 30.0. The molecule has 3 aromatic heterocycles. The van der Waals surface area contributed by atoms with Crippen molar-refractivity contribution in [2.75, 3.05) is 38.1 Å². The van der Waals surface area contributed by atoms with Gasteiger partial charge in [-0.25, -0.2) is 24.1 Å². The lowest BCUT2D eigenvalue weighted by Gasteiger charge is -2.42. The number of carbonyl (C=O) groups excluding carboxylic acids is 3. The molecular weight excluding hydrogens is 717 g/mol. The van der Waals surface area contributed by atoms with Crippen LogP contribution in [0.2, 0.25) is 5.02 Å². The molecule has 0 N–H and O–H groups in total. The van der Waals surface area contributed by atoms with Gasteiger partial charge in [-0.1, -0.05) is 30.7 Å². The minimum atomic E-state index is -4.22. The molecule has 2 amide bonds. The van der Waals surface area contributed by atoms with Crippen molar-refractivity contribution in [3.63, 3.8) is 0 Å². The summed E-state index contributed by atoms with van der Waals surface area (Å²) in [6.45, 7) is 6.65. The van der Waals surface area contributed by atoms with Crippen LogP contribution in [0, 0.1) is 5.92 Å². The van der Waals surface area contributed by atoms with Crippen LogP contribution in [0.25, 0.3) is 22.1 Å². The standard InChI is InChI=1S/C37H40ClF3N6O6/c1-20-18-46-14-12-36(20,39)24-15-21(38)17-42-31(24)51-22-16-25(32(49)53-35(2,3)4)47(19-22)30-29-28(23-9-6-7-10-26(23)52-29)43-33(44-30)37(40,41)34(50)45(5)13-8-11-27(46)48/h6-7,9-10,15,17,20,22,25H,8,11-14,16,18-19H2,1-5H3/t20-,22-,25-,36+/m0/s1. The van der Waals surface area contributed by atoms with Gasteiger partial charge in [0.1, 0.15) is 34.5 Å². The number of likely N-dealkylation sites (N-methyl/N-ethyl adjacent to an activating group) is 1. The first kappa shape index (κ1) is 36.7. The Morgan fingerprint density at radius 1 is 1.09 bits per heavy atom. The summed E-state index contributed by atoms with van der Waals surface area (Å²) in [7, 11) is 1.22. The molecule has 8 rings (SSSR count). The van der Waals surface area contributed by atoms with E-state index in [1.54, 1.807) is 52.0 Å². The summed E-state index contributed by atoms with van der Waals surface area (Å²) in [5, 5.41) is 0.574. The van der Waals surface area contributed by atoms with Crippen molar-refractivity contribution in [1.29, 1.82) is 0 Å². The van der Waals surface area contributed by atoms with Crippen LogP contribution >= 0.6 is 11.6 Å². The number of amides is 2. The second kappa shape index (κ2) is 13.3. The quantitative estimate of drug-likeness (QED) is 0.208. The summed E-state index contributed by atoms with van der Waals surface area (Å²) >= 11 is 6.36. The minimum absolute atomic E-state index is 0.00928. The number of furan rings is 1. The number of aromatic nitrogens is 3. The molecule has 1 aromatic carbocycles. The molecule has 53 heavy (non-hydrogen) atoms. The number of hydrogen-bond donors (Lipinski definition) is 0. The summed E-state index contributed by atoms with van der Waals surface area (Å²) in [5.41, 5.74) is -2.45. The number of alkyl halides is 3. The summed E-state index contributed by atoms with van der Waals surface area (Å²) in [6.07, 6.45) is 0.399. The monoisotopic (exact) mass is 756 g/mol. The van der Waals surface area contributed by atoms with E-state index >= 15 is 13.2 Å². The number of anilines is 1. The van der Waals surface area contributed by atoms with Crippen LogP contribution < -0.4 is 9.64 Å². The van der Waals surface area contributed by atoms with E-state index in [-0.39, 0.29) is 91.2 Å². The molecule has 4 aromatic rings. The van der Waals surface area contributed by atoms with Crippen LogP contribution in [0.15, 0.2) is 40.9 Å². The zero-order valence-corrected chi connectivity index (χ0v) is 30.8. The first-order valence-electron chi connectivity index (χ1n) is 17.6. The second-order valence-electron chi connectivity index (χ2n) is 15.1. The largest absolute Gasteiger partial charge is 0.472 e. The van der Waals surface area contributed by atoms with Gasteiger partial charge < -0.3 is 28.6 Å². The zero-order chi connectivity index (χ0) is 38.0. The predicted octanol–water partition coefficient (Wildman–Crippen LogP) is 6.17. The number of nitrogens with zero attached hydrogens (tertiary/aromatic N) is 6. The number of benzene rings is 1. The summed E-state index contributed by atoms with van der Waals surface area (Å²) < 4.78 is 68.2. The molecule has 16 heteroatoms. The third kappa shape index (κ3) is 6.72. The Morgan fingerprint density at radius 2 is 1.85 bits per heavy atom. The molecule has 12 nitrogen and oxygen atoms in total. The first-order chi connectivity index (χ1) is 25.0. The molecule has 0 aliphatic carbocycles. The number of halogens is 4. The summed E-state index contributed by atoms with van der Waals surface area (Å²) in [5.74, 6) is -8.79. The third-order valence-electron chi connectivity index (χ3n) is 10.1. The maximum absolute atomic E-state index is 17.2. The maximum Gasteiger partial charge on any atom is 0.383 e. The van der Waals surface area contributed by atoms with Crippen LogP contribution in [-0.4, -0.2) is 93.5 Å². The number of esters is 1. The predicted molar refractivity (Wildman–Crippen MR) is 188 cm³/mol. The fourth-order valence-electron chi connectivity index (χ4n) is 7.40. The molecule has 2 saturated heterocycles. The lowest BCUT2D eigenvalue weighted by atomic mass is 9.78. The average Bonchev–Trinajstić information content (AvgIpc) is 3.70. The first-order valence-corrected chi connectivity index (χ1v) is 18.0. The number of carbonyl (C=O) groups is 3. The van der Waals surface area contributed by atoms with Gasteiger partial charge in [0.25, 0.3) is 0 Å². The smallest absolute Gasteiger partial charge is 0.383 e. The molecule has 6 bridgehead atoms. The van der Waals surface area contributed by atoms with E-state index in [0.29, 0.717) is 11.0 Å². The average molecular weight is 757 g/mol. The fourth-order valence-corrected chi connectivity index (χ4v) is 7.56. The lowest BCUT2D eigenvalue weighted by Crippen LogP contribution is -2.49. The topological polar surface area (TPSA) is 131 Å². The van der Waals surface area contributed by atoms with Gasteiger partial charge >= 0.3 is 17.8 Å². The number of pyridine rings is 1. The Hall–Kier alpha value is -4.66. The number of fused-ring (bicyclic) bond motifs is 11. The van der Waals surface area contributed by atoms with E-state index in [4.69, 9.17) is 25.5 Å². The number of hydrogen-bond acceptors (Lipinski definition) is 10. The van der Waals surface area contributed by atoms with Crippen molar-refractivity contribution in [2.24, 2.45) is 5.92 Å². The van der Waals surface area contributed by atoms with Gasteiger partial charge in [-0.05, 0) is 45.4 Å². The third-order valence-corrected chi connectivity index (χ3v) is 10.3. The Morgan fingerprint density at radius 3 is 2.58 bits per heavy atom. The number of rotatable bonds is 1. The molecule has 0 unspecified atom stereocenters. The lowest BCUT2D eigenvalue weighted by molar-refractivity contribution is -0.159. The van der Waals surface area contributed by atoms with E-state index in [9.17, 15) is 14.4 Å². The number of para-hydroxylation sites is 1. The molecule has 4 aliphatic rings. The van der Waals surface area contributed by atoms with Crippen molar-refractivity contribution < 1.29 is 41.4 Å². The molecule has 0 spiro atoms. The van der Waals surface area contributed by atoms with Crippen molar-refractivity contribution in [2.45, 2.75) is 82.7 Å². The highest BCUT2D eigenvalue weighted by molar-refractivity contribution is 6.30. The van der Waals surface area contributed by atoms with Crippen molar-refractivity contribution in [3.8, 4) is 5.88 Å². The van der Waals surface area contributed by atoms with Gasteiger partial charge in [0.05, 0.1) is 17.1 Å². The van der Waals surface area contributed by atoms with Gasteiger partial charge in [-0.2, -0.15) is 8.78 Å². The molecule has 0 radical (unpaired) electrons. The normalized spacial score (nSPS) is 25.5. The van der Waals surface area contributed by atoms with Gasteiger partial charge in [0.2, 0.25) is 17.6 Å². The van der Waals surface area contributed by atoms with E-state index in [0.717, 1.165) is 4.90 Å². The molecule has 2 fully saturated rings. The molecule has 0 saturated carbocycles. The number of ether oxygens (including phenoxy) is 2. The fraction of sp³-hybridized carbons (Fsp3) is 0.514. The highest BCUT2D eigenvalue weighted by atomic mass is 35.5. The van der Waals surface area contributed by atoms with Gasteiger partial charge in [-0.3, -0.25) is 9.59 Å². The van der Waals surface area contributed by atoms with Crippen LogP contribution in [-0.2, 0) is 30.7 Å². The van der Waals surface area contributed by atoms with Crippen molar-refractivity contribution in [3.05, 3.63) is 52.9 Å². The van der Waals surface area contributed by atoms with Gasteiger partial charge in [0, 0.05) is 63.4 Å². The summed E-state index contributed by atoms with van der Waals surface area (Å²) in [6, 6.07) is 7.00. The molecule has 4 atom stereocenters. The molecule has 4 aliphatic heterocycles. The SMILES string of the molecule is C[C@H]1CN2CC[C@]1(F)c1cc(Cl)cnc1O[C@H]1C[C@@H](C(=O)OC(C)(C)C)N(C1)c1nc(nc3c1oc1ccccc13)C(F)(F)C(=O)N(C)CCCC2=O. The van der Waals surface area contributed by atoms with E-state index in [1.807, 2.05) is 0 Å². The van der Waals surface area contributed by atoms with Crippen LogP contribution in [0.4, 0.5) is 19.0 Å². The van der Waals surface area contributed by atoms with Gasteiger partial charge in [-0.15, -0.1) is 0 Å². The van der Waals surface area contributed by atoms with Gasteiger partial charge in [0.15, 0.2) is 11.4 Å². The Labute approximate surface area is 308 Å². The van der Waals surface area contributed by atoms with Crippen LogP contribution in [0.5, 0.6) is 5.88 Å². The maximum atomic E-state index is 17.2. The number of piperidine rings is 1. The van der Waals surface area contributed by atoms with E-state index < -0.39 is 53.0 Å². The van der Waals surface area contributed by atoms with Crippen molar-refractivity contribution in [1.82, 2.24) is 24.8 Å². The van der Waals surface area contributed by atoms with E-state index in [2.05, 4.69) is 15.0 Å². The Balaban J connectivity index is 1.40. The molecule has 282 valence electrons. The minimum Gasteiger partial charge on any atom is -0.472 e. The van der Waals surface area contributed by atoms with Crippen LogP contribution in [0.1, 0.15) is 64.8 Å². The molecule has 7 heterocycles. The highest BCUT2D eigenvalue weighted by Crippen LogP contribution is 2.46. The Bertz CT molecular complexity index is 2110. The second-order valence-corrected chi connectivity index (χ2v) is 15.5. The Kier molecular flexibility index (Phi) is 9.22. The molecular formula is C37H40ClF3N6O6. The van der Waals surface area contributed by atoms with Crippen molar-refractivity contribution >= 4 is 57.3 Å². The summed E-state index contributed by atoms with van der Waals surface area (Å²) in [4.78, 5) is 57.2. The van der Waals surface area contributed by atoms with E-state index in [1.165, 1.54) is 29.1 Å².